The molecule has 4 rings (SSSR count). The monoisotopic (exact) mass is 399 g/mol. The number of hydrogen-bond donors (Lipinski definition) is 1. The van der Waals surface area contributed by atoms with E-state index in [4.69, 9.17) is 4.52 Å². The Morgan fingerprint density at radius 1 is 1.00 bits per heavy atom. The average molecular weight is 399 g/mol. The third kappa shape index (κ3) is 3.93. The molecule has 0 saturated carbocycles. The summed E-state index contributed by atoms with van der Waals surface area (Å²) in [4.78, 5) is 26.1. The van der Waals surface area contributed by atoms with E-state index < -0.39 is 0 Å². The van der Waals surface area contributed by atoms with Crippen LogP contribution in [0.5, 0.6) is 0 Å². The van der Waals surface area contributed by atoms with Crippen LogP contribution in [-0.2, 0) is 11.3 Å². The van der Waals surface area contributed by atoms with Crippen molar-refractivity contribution in [3.63, 3.8) is 0 Å². The lowest BCUT2D eigenvalue weighted by Crippen LogP contribution is -2.24. The maximum absolute atomic E-state index is 13.0. The first-order valence-electron chi connectivity index (χ1n) is 9.59. The normalized spacial score (nSPS) is 10.7. The van der Waals surface area contributed by atoms with Crippen LogP contribution in [0.15, 0.2) is 77.3 Å². The van der Waals surface area contributed by atoms with Gasteiger partial charge in [0.15, 0.2) is 5.76 Å². The molecule has 0 atom stereocenters. The minimum absolute atomic E-state index is 0.0394. The number of nitrogens with one attached hydrogen (secondary N) is 1. The molecule has 0 saturated heterocycles. The number of carbonyl (C=O) groups excluding carboxylic acids is 2. The smallest absolute Gasteiger partial charge is 0.255 e. The van der Waals surface area contributed by atoms with Crippen LogP contribution in [0.1, 0.15) is 22.8 Å². The Kier molecular flexibility index (Phi) is 5.30. The van der Waals surface area contributed by atoms with Crippen molar-refractivity contribution < 1.29 is 14.1 Å². The summed E-state index contributed by atoms with van der Waals surface area (Å²) >= 11 is 0. The van der Waals surface area contributed by atoms with Gasteiger partial charge in [-0.2, -0.15) is 0 Å². The van der Waals surface area contributed by atoms with E-state index in [1.54, 1.807) is 30.1 Å². The van der Waals surface area contributed by atoms with Crippen LogP contribution < -0.4 is 5.32 Å². The van der Waals surface area contributed by atoms with E-state index in [0.717, 1.165) is 16.5 Å². The second-order valence-electron chi connectivity index (χ2n) is 7.10. The molecule has 0 bridgehead atoms. The minimum atomic E-state index is -0.241. The van der Waals surface area contributed by atoms with Crippen molar-refractivity contribution in [3.05, 3.63) is 83.9 Å². The van der Waals surface area contributed by atoms with Crippen molar-refractivity contribution in [2.75, 3.05) is 12.4 Å². The number of nitrogens with zero attached hydrogens (tertiary/aromatic N) is 2. The van der Waals surface area contributed by atoms with Crippen molar-refractivity contribution >= 4 is 28.4 Å². The van der Waals surface area contributed by atoms with E-state index in [-0.39, 0.29) is 11.8 Å². The predicted molar refractivity (Wildman–Crippen MR) is 116 cm³/mol. The number of anilines is 1. The van der Waals surface area contributed by atoms with E-state index in [2.05, 4.69) is 10.5 Å². The van der Waals surface area contributed by atoms with Crippen LogP contribution in [0, 0.1) is 0 Å². The largest absolute Gasteiger partial charge is 0.355 e. The molecule has 6 nitrogen and oxygen atoms in total. The summed E-state index contributed by atoms with van der Waals surface area (Å²) in [6, 6.07) is 22.4. The minimum Gasteiger partial charge on any atom is -0.355 e. The van der Waals surface area contributed by atoms with E-state index in [1.807, 2.05) is 54.6 Å². The summed E-state index contributed by atoms with van der Waals surface area (Å²) in [5, 5.41) is 7.83. The lowest BCUT2D eigenvalue weighted by Gasteiger charge is -2.18. The topological polar surface area (TPSA) is 75.4 Å². The zero-order chi connectivity index (χ0) is 21.1. The Labute approximate surface area is 174 Å². The van der Waals surface area contributed by atoms with Crippen LogP contribution in [0.2, 0.25) is 0 Å². The molecule has 3 aromatic carbocycles. The highest BCUT2D eigenvalue weighted by atomic mass is 16.5. The highest BCUT2D eigenvalue weighted by Crippen LogP contribution is 2.29. The average Bonchev–Trinajstić information content (AvgIpc) is 3.19. The number of aromatic nitrogens is 1. The van der Waals surface area contributed by atoms with E-state index in [1.165, 1.54) is 6.92 Å². The fourth-order valence-electron chi connectivity index (χ4n) is 3.22. The summed E-state index contributed by atoms with van der Waals surface area (Å²) in [6.07, 6.45) is 0. The van der Waals surface area contributed by atoms with Gasteiger partial charge in [-0.05, 0) is 29.8 Å². The van der Waals surface area contributed by atoms with Crippen molar-refractivity contribution in [1.82, 2.24) is 10.1 Å². The van der Waals surface area contributed by atoms with E-state index >= 15 is 0 Å². The number of benzene rings is 3. The van der Waals surface area contributed by atoms with Gasteiger partial charge in [0.25, 0.3) is 5.91 Å². The van der Waals surface area contributed by atoms with Gasteiger partial charge in [0, 0.05) is 37.3 Å². The standard InChI is InChI=1S/C24H21N3O3/c1-16(28)27(2)15-19-10-6-7-11-21(19)25-24(29)18-12-13-22-20(14-18)23(30-26-22)17-8-4-3-5-9-17/h3-14H,15H2,1-2H3,(H,25,29). The molecule has 0 unspecified atom stereocenters. The molecule has 0 fully saturated rings. The Morgan fingerprint density at radius 3 is 2.50 bits per heavy atom. The molecule has 4 aromatic rings. The molecule has 150 valence electrons. The van der Waals surface area contributed by atoms with E-state index in [9.17, 15) is 9.59 Å². The van der Waals surface area contributed by atoms with Crippen molar-refractivity contribution in [1.29, 1.82) is 0 Å². The number of hydrogen-bond acceptors (Lipinski definition) is 4. The van der Waals surface area contributed by atoms with Crippen molar-refractivity contribution in [3.8, 4) is 11.3 Å². The second kappa shape index (κ2) is 8.21. The molecule has 6 heteroatoms. The third-order valence-electron chi connectivity index (χ3n) is 4.99. The number of rotatable bonds is 5. The fourth-order valence-corrected chi connectivity index (χ4v) is 3.22. The summed E-state index contributed by atoms with van der Waals surface area (Å²) in [6.45, 7) is 1.92. The van der Waals surface area contributed by atoms with Gasteiger partial charge in [0.2, 0.25) is 5.91 Å². The Balaban J connectivity index is 1.63. The fraction of sp³-hybridized carbons (Fsp3) is 0.125. The van der Waals surface area contributed by atoms with Gasteiger partial charge in [0.05, 0.1) is 5.39 Å². The maximum atomic E-state index is 13.0. The number of carbonyl (C=O) groups is 2. The van der Waals surface area contributed by atoms with Crippen molar-refractivity contribution in [2.24, 2.45) is 0 Å². The Morgan fingerprint density at radius 2 is 1.73 bits per heavy atom. The molecule has 0 aliphatic carbocycles. The quantitative estimate of drug-likeness (QED) is 0.527. The van der Waals surface area contributed by atoms with Gasteiger partial charge in [-0.25, -0.2) is 0 Å². The van der Waals surface area contributed by atoms with Gasteiger partial charge >= 0.3 is 0 Å². The first-order chi connectivity index (χ1) is 14.5. The second-order valence-corrected chi connectivity index (χ2v) is 7.10. The van der Waals surface area contributed by atoms with Gasteiger partial charge in [-0.1, -0.05) is 53.7 Å². The van der Waals surface area contributed by atoms with Crippen LogP contribution in [0.4, 0.5) is 5.69 Å². The highest BCUT2D eigenvalue weighted by molar-refractivity contribution is 6.07. The predicted octanol–water partition coefficient (Wildman–Crippen LogP) is 4.73. The SMILES string of the molecule is CC(=O)N(C)Cc1ccccc1NC(=O)c1ccc2noc(-c3ccccc3)c2c1. The first-order valence-corrected chi connectivity index (χ1v) is 9.59. The molecule has 1 N–H and O–H groups in total. The van der Waals surface area contributed by atoms with Crippen LogP contribution >= 0.6 is 0 Å². The van der Waals surface area contributed by atoms with Gasteiger partial charge < -0.3 is 14.7 Å². The summed E-state index contributed by atoms with van der Waals surface area (Å²) < 4.78 is 5.52. The molecule has 0 aliphatic heterocycles. The van der Waals surface area contributed by atoms with Crippen LogP contribution in [-0.4, -0.2) is 28.9 Å². The maximum Gasteiger partial charge on any atom is 0.255 e. The lowest BCUT2D eigenvalue weighted by atomic mass is 10.1. The zero-order valence-electron chi connectivity index (χ0n) is 16.8. The highest BCUT2D eigenvalue weighted by Gasteiger charge is 2.15. The molecule has 0 radical (unpaired) electrons. The molecular weight excluding hydrogens is 378 g/mol. The van der Waals surface area contributed by atoms with Gasteiger partial charge in [0.1, 0.15) is 5.52 Å². The van der Waals surface area contributed by atoms with E-state index in [0.29, 0.717) is 29.1 Å². The third-order valence-corrected chi connectivity index (χ3v) is 4.99. The Hall–Kier alpha value is -3.93. The molecule has 1 heterocycles. The molecule has 0 spiro atoms. The van der Waals surface area contributed by atoms with Crippen LogP contribution in [0.25, 0.3) is 22.2 Å². The van der Waals surface area contributed by atoms with Gasteiger partial charge in [-0.3, -0.25) is 9.59 Å². The summed E-state index contributed by atoms with van der Waals surface area (Å²) in [5.74, 6) is 0.348. The molecule has 1 aromatic heterocycles. The van der Waals surface area contributed by atoms with Gasteiger partial charge in [-0.15, -0.1) is 0 Å². The number of para-hydroxylation sites is 1. The molecular formula is C24H21N3O3. The molecule has 30 heavy (non-hydrogen) atoms. The zero-order valence-corrected chi connectivity index (χ0v) is 16.8. The molecule has 0 aliphatic rings. The summed E-state index contributed by atoms with van der Waals surface area (Å²) in [5.41, 5.74) is 3.62. The lowest BCUT2D eigenvalue weighted by molar-refractivity contribution is -0.128. The van der Waals surface area contributed by atoms with Crippen LogP contribution in [0.3, 0.4) is 0 Å². The molecule has 2 amide bonds. The first kappa shape index (κ1) is 19.4. The summed E-state index contributed by atoms with van der Waals surface area (Å²) in [7, 11) is 1.73. The number of amides is 2. The van der Waals surface area contributed by atoms with Crippen molar-refractivity contribution in [2.45, 2.75) is 13.5 Å². The Bertz CT molecular complexity index is 1210. The number of fused-ring (bicyclic) bond motifs is 1.